The summed E-state index contributed by atoms with van der Waals surface area (Å²) in [5, 5.41) is 12.7. The molecule has 0 amide bonds. The lowest BCUT2D eigenvalue weighted by Gasteiger charge is -2.24. The van der Waals surface area contributed by atoms with Crippen molar-refractivity contribution in [2.24, 2.45) is 0 Å². The van der Waals surface area contributed by atoms with Crippen LogP contribution in [0.3, 0.4) is 0 Å². The maximum atomic E-state index is 6.07. The van der Waals surface area contributed by atoms with Crippen LogP contribution in [0, 0.1) is 6.92 Å². The summed E-state index contributed by atoms with van der Waals surface area (Å²) in [7, 11) is 1.60. The van der Waals surface area contributed by atoms with Crippen LogP contribution in [0.4, 0.5) is 0 Å². The molecule has 5 rings (SSSR count). The first-order chi connectivity index (χ1) is 14.2. The SMILES string of the molecule is COc1ccccc1-c1nc(-c2nnn3c2CO[C@H](c2ccc(C)cc2)C3)no1. The summed E-state index contributed by atoms with van der Waals surface area (Å²) in [6, 6.07) is 15.8. The third-order valence-corrected chi connectivity index (χ3v) is 5.02. The second kappa shape index (κ2) is 7.14. The molecule has 146 valence electrons. The average molecular weight is 389 g/mol. The topological polar surface area (TPSA) is 88.1 Å². The van der Waals surface area contributed by atoms with Gasteiger partial charge in [-0.1, -0.05) is 52.3 Å². The lowest BCUT2D eigenvalue weighted by molar-refractivity contribution is -0.00112. The Morgan fingerprint density at radius 1 is 1.10 bits per heavy atom. The molecular weight excluding hydrogens is 370 g/mol. The highest BCUT2D eigenvalue weighted by Gasteiger charge is 2.28. The van der Waals surface area contributed by atoms with E-state index in [-0.39, 0.29) is 6.10 Å². The fourth-order valence-electron chi connectivity index (χ4n) is 3.42. The Balaban J connectivity index is 1.42. The first kappa shape index (κ1) is 17.6. The monoisotopic (exact) mass is 389 g/mol. The molecule has 29 heavy (non-hydrogen) atoms. The van der Waals surface area contributed by atoms with E-state index in [4.69, 9.17) is 14.0 Å². The van der Waals surface area contributed by atoms with Crippen LogP contribution >= 0.6 is 0 Å². The summed E-state index contributed by atoms with van der Waals surface area (Å²) in [6.07, 6.45) is -0.0629. The molecule has 8 nitrogen and oxygen atoms in total. The number of nitrogens with zero attached hydrogens (tertiary/aromatic N) is 5. The Morgan fingerprint density at radius 3 is 2.76 bits per heavy atom. The average Bonchev–Trinajstić information content (AvgIpc) is 3.40. The molecule has 0 aliphatic carbocycles. The van der Waals surface area contributed by atoms with Gasteiger partial charge in [-0.25, -0.2) is 4.68 Å². The summed E-state index contributed by atoms with van der Waals surface area (Å²) in [4.78, 5) is 4.50. The van der Waals surface area contributed by atoms with E-state index in [1.165, 1.54) is 5.56 Å². The van der Waals surface area contributed by atoms with Crippen LogP contribution in [0.2, 0.25) is 0 Å². The summed E-state index contributed by atoms with van der Waals surface area (Å²) in [6.45, 7) is 3.03. The number of benzene rings is 2. The van der Waals surface area contributed by atoms with E-state index in [9.17, 15) is 0 Å². The van der Waals surface area contributed by atoms with Gasteiger partial charge in [0.2, 0.25) is 5.82 Å². The van der Waals surface area contributed by atoms with Gasteiger partial charge >= 0.3 is 0 Å². The summed E-state index contributed by atoms with van der Waals surface area (Å²) in [5.74, 6) is 1.41. The lowest BCUT2D eigenvalue weighted by atomic mass is 10.1. The molecule has 0 spiro atoms. The van der Waals surface area contributed by atoms with Gasteiger partial charge in [0.1, 0.15) is 11.9 Å². The number of rotatable bonds is 4. The molecule has 0 saturated carbocycles. The van der Waals surface area contributed by atoms with E-state index >= 15 is 0 Å². The number of aryl methyl sites for hydroxylation is 1. The molecule has 3 heterocycles. The molecule has 0 saturated heterocycles. The van der Waals surface area contributed by atoms with Crippen molar-refractivity contribution in [3.8, 4) is 28.7 Å². The van der Waals surface area contributed by atoms with E-state index in [0.717, 1.165) is 16.8 Å². The lowest BCUT2D eigenvalue weighted by Crippen LogP contribution is -2.22. The molecule has 4 aromatic rings. The fraction of sp³-hybridized carbons (Fsp3) is 0.238. The molecule has 1 atom stereocenters. The minimum absolute atomic E-state index is 0.0629. The number of hydrogen-bond donors (Lipinski definition) is 0. The van der Waals surface area contributed by atoms with E-state index < -0.39 is 0 Å². The zero-order valence-electron chi connectivity index (χ0n) is 16.1. The maximum Gasteiger partial charge on any atom is 0.262 e. The van der Waals surface area contributed by atoms with Crippen molar-refractivity contribution < 1.29 is 14.0 Å². The van der Waals surface area contributed by atoms with E-state index in [0.29, 0.717) is 36.3 Å². The molecular formula is C21H19N5O3. The summed E-state index contributed by atoms with van der Waals surface area (Å²) < 4.78 is 18.7. The van der Waals surface area contributed by atoms with Crippen molar-refractivity contribution in [2.75, 3.05) is 7.11 Å². The van der Waals surface area contributed by atoms with Gasteiger partial charge in [-0.05, 0) is 24.6 Å². The number of methoxy groups -OCH3 is 1. The standard InChI is InChI=1S/C21H19N5O3/c1-13-7-9-14(10-8-13)18-11-26-16(12-28-18)19(23-25-26)20-22-21(29-24-20)15-5-3-4-6-17(15)27-2/h3-10,18H,11-12H2,1-2H3/t18-/m0/s1. The number of hydrogen-bond acceptors (Lipinski definition) is 7. The van der Waals surface area contributed by atoms with Crippen LogP contribution in [-0.2, 0) is 17.9 Å². The molecule has 0 fully saturated rings. The molecule has 0 N–H and O–H groups in total. The van der Waals surface area contributed by atoms with Crippen molar-refractivity contribution >= 4 is 0 Å². The Morgan fingerprint density at radius 2 is 1.93 bits per heavy atom. The predicted molar refractivity (Wildman–Crippen MR) is 104 cm³/mol. The first-order valence-corrected chi connectivity index (χ1v) is 9.31. The van der Waals surface area contributed by atoms with E-state index in [1.54, 1.807) is 7.11 Å². The van der Waals surface area contributed by atoms with Gasteiger partial charge in [0.05, 0.1) is 31.5 Å². The minimum atomic E-state index is -0.0629. The quantitative estimate of drug-likeness (QED) is 0.527. The van der Waals surface area contributed by atoms with Crippen molar-refractivity contribution in [3.63, 3.8) is 0 Å². The molecule has 2 aromatic carbocycles. The Hall–Kier alpha value is -3.52. The number of para-hydroxylation sites is 1. The molecule has 2 aromatic heterocycles. The summed E-state index contributed by atoms with van der Waals surface area (Å²) in [5.41, 5.74) is 4.47. The van der Waals surface area contributed by atoms with Gasteiger partial charge in [0, 0.05) is 0 Å². The Bertz CT molecular complexity index is 1150. The predicted octanol–water partition coefficient (Wildman–Crippen LogP) is 3.58. The van der Waals surface area contributed by atoms with Gasteiger partial charge in [-0.15, -0.1) is 5.10 Å². The smallest absolute Gasteiger partial charge is 0.262 e. The molecule has 1 aliphatic heterocycles. The van der Waals surface area contributed by atoms with Crippen LogP contribution in [0.25, 0.3) is 23.0 Å². The number of ether oxygens (including phenoxy) is 2. The first-order valence-electron chi connectivity index (χ1n) is 9.31. The molecule has 0 unspecified atom stereocenters. The highest BCUT2D eigenvalue weighted by Crippen LogP contribution is 2.32. The number of fused-ring (bicyclic) bond motifs is 1. The van der Waals surface area contributed by atoms with Crippen molar-refractivity contribution in [3.05, 3.63) is 65.4 Å². The summed E-state index contributed by atoms with van der Waals surface area (Å²) >= 11 is 0. The molecule has 8 heteroatoms. The number of aromatic nitrogens is 5. The van der Waals surface area contributed by atoms with Crippen molar-refractivity contribution in [2.45, 2.75) is 26.2 Å². The van der Waals surface area contributed by atoms with Gasteiger partial charge in [0.15, 0.2) is 5.69 Å². The van der Waals surface area contributed by atoms with Crippen molar-refractivity contribution in [1.82, 2.24) is 25.1 Å². The van der Waals surface area contributed by atoms with E-state index in [1.807, 2.05) is 28.9 Å². The highest BCUT2D eigenvalue weighted by molar-refractivity contribution is 5.64. The molecule has 0 radical (unpaired) electrons. The van der Waals surface area contributed by atoms with Crippen LogP contribution in [0.5, 0.6) is 5.75 Å². The van der Waals surface area contributed by atoms with Crippen LogP contribution in [0.1, 0.15) is 22.9 Å². The molecule has 1 aliphatic rings. The second-order valence-corrected chi connectivity index (χ2v) is 6.90. The Labute approximate surface area is 167 Å². The Kier molecular flexibility index (Phi) is 4.33. The fourth-order valence-corrected chi connectivity index (χ4v) is 3.42. The van der Waals surface area contributed by atoms with Gasteiger partial charge in [-0.3, -0.25) is 0 Å². The largest absolute Gasteiger partial charge is 0.496 e. The third kappa shape index (κ3) is 3.17. The zero-order valence-corrected chi connectivity index (χ0v) is 16.1. The highest BCUT2D eigenvalue weighted by atomic mass is 16.5. The third-order valence-electron chi connectivity index (χ3n) is 5.02. The van der Waals surface area contributed by atoms with Crippen LogP contribution < -0.4 is 4.74 Å². The van der Waals surface area contributed by atoms with Gasteiger partial charge in [-0.2, -0.15) is 4.98 Å². The van der Waals surface area contributed by atoms with Gasteiger partial charge in [0.25, 0.3) is 5.89 Å². The van der Waals surface area contributed by atoms with E-state index in [2.05, 4.69) is 51.6 Å². The normalized spacial score (nSPS) is 15.9. The maximum absolute atomic E-state index is 6.07. The zero-order chi connectivity index (χ0) is 19.8. The van der Waals surface area contributed by atoms with Crippen LogP contribution in [-0.4, -0.2) is 32.2 Å². The van der Waals surface area contributed by atoms with Gasteiger partial charge < -0.3 is 14.0 Å². The van der Waals surface area contributed by atoms with Crippen molar-refractivity contribution in [1.29, 1.82) is 0 Å². The van der Waals surface area contributed by atoms with Crippen LogP contribution in [0.15, 0.2) is 53.1 Å². The molecule has 0 bridgehead atoms. The minimum Gasteiger partial charge on any atom is -0.496 e. The second-order valence-electron chi connectivity index (χ2n) is 6.90.